The molecule has 27 heavy (non-hydrogen) atoms. The molecule has 2 aromatic carbocycles. The van der Waals surface area contributed by atoms with E-state index in [1.165, 1.54) is 11.1 Å². The van der Waals surface area contributed by atoms with Crippen molar-refractivity contribution in [3.05, 3.63) is 59.7 Å². The quantitative estimate of drug-likeness (QED) is 0.490. The van der Waals surface area contributed by atoms with Gasteiger partial charge in [-0.15, -0.1) is 0 Å². The highest BCUT2D eigenvalue weighted by Crippen LogP contribution is 2.32. The molecule has 0 saturated heterocycles. The monoisotopic (exact) mass is 367 g/mol. The second kappa shape index (κ2) is 8.58. The van der Waals surface area contributed by atoms with Gasteiger partial charge in [-0.3, -0.25) is 5.41 Å². The van der Waals surface area contributed by atoms with Crippen molar-refractivity contribution in [2.75, 3.05) is 13.2 Å². The number of nitrogens with one attached hydrogen (secondary N) is 2. The normalized spacial score (nSPS) is 12.6. The molecule has 0 aliphatic carbocycles. The first-order chi connectivity index (χ1) is 13.0. The van der Waals surface area contributed by atoms with Crippen LogP contribution >= 0.6 is 0 Å². The molecule has 0 aromatic heterocycles. The predicted molar refractivity (Wildman–Crippen MR) is 104 cm³/mol. The maximum absolute atomic E-state index is 11.5. The Balaban J connectivity index is 1.62. The van der Waals surface area contributed by atoms with Crippen LogP contribution < -0.4 is 5.32 Å². The van der Waals surface area contributed by atoms with Crippen molar-refractivity contribution in [2.24, 2.45) is 0 Å². The minimum absolute atomic E-state index is 0.0977. The standard InChI is InChI=1S/C21H25N3O3/c1-15(2)27-21(25)23-11-12-26-20(22)24-13-16-7-3-5-9-18(16)19-10-6-4-8-17(19)14-24/h3-10,15,22H,11-14H2,1-2H3,(H,23,25). The molecule has 6 heteroatoms. The van der Waals surface area contributed by atoms with Gasteiger partial charge in [0.15, 0.2) is 0 Å². The first-order valence-electron chi connectivity index (χ1n) is 9.11. The first-order valence-corrected chi connectivity index (χ1v) is 9.11. The predicted octanol–water partition coefficient (Wildman–Crippen LogP) is 3.76. The van der Waals surface area contributed by atoms with Crippen molar-refractivity contribution >= 4 is 12.1 Å². The fraction of sp³-hybridized carbons (Fsp3) is 0.333. The van der Waals surface area contributed by atoms with Gasteiger partial charge < -0.3 is 19.7 Å². The van der Waals surface area contributed by atoms with Crippen molar-refractivity contribution in [3.8, 4) is 11.1 Å². The molecule has 142 valence electrons. The van der Waals surface area contributed by atoms with Gasteiger partial charge >= 0.3 is 6.09 Å². The third-order valence-electron chi connectivity index (χ3n) is 4.29. The summed E-state index contributed by atoms with van der Waals surface area (Å²) in [4.78, 5) is 13.4. The molecule has 2 N–H and O–H groups in total. The number of hydrogen-bond acceptors (Lipinski definition) is 4. The molecule has 1 aliphatic heterocycles. The largest absolute Gasteiger partial charge is 0.463 e. The van der Waals surface area contributed by atoms with Gasteiger partial charge in [0.1, 0.15) is 6.61 Å². The molecule has 1 aliphatic rings. The molecule has 0 atom stereocenters. The van der Waals surface area contributed by atoms with Gasteiger partial charge in [-0.25, -0.2) is 4.79 Å². The van der Waals surface area contributed by atoms with Crippen LogP contribution in [0.5, 0.6) is 0 Å². The number of benzene rings is 2. The number of amidine groups is 1. The number of ether oxygens (including phenoxy) is 2. The van der Waals surface area contributed by atoms with E-state index in [-0.39, 0.29) is 25.3 Å². The summed E-state index contributed by atoms with van der Waals surface area (Å²) in [7, 11) is 0. The highest BCUT2D eigenvalue weighted by atomic mass is 16.6. The topological polar surface area (TPSA) is 74.6 Å². The maximum Gasteiger partial charge on any atom is 0.407 e. The molecule has 3 rings (SSSR count). The SMILES string of the molecule is CC(C)OC(=O)NCCOC(=N)N1Cc2ccccc2-c2ccccc2C1. The zero-order valence-electron chi connectivity index (χ0n) is 15.7. The lowest BCUT2D eigenvalue weighted by Gasteiger charge is -2.23. The molecule has 0 radical (unpaired) electrons. The minimum atomic E-state index is -0.474. The number of nitrogens with zero attached hydrogens (tertiary/aromatic N) is 1. The Morgan fingerprint density at radius 3 is 2.19 bits per heavy atom. The average molecular weight is 367 g/mol. The van der Waals surface area contributed by atoms with Crippen molar-refractivity contribution in [1.29, 1.82) is 5.41 Å². The lowest BCUT2D eigenvalue weighted by molar-refractivity contribution is 0.113. The molecule has 0 fully saturated rings. The lowest BCUT2D eigenvalue weighted by Crippen LogP contribution is -2.34. The molecule has 0 bridgehead atoms. The Morgan fingerprint density at radius 1 is 1.07 bits per heavy atom. The van der Waals surface area contributed by atoms with Crippen LogP contribution in [0.2, 0.25) is 0 Å². The van der Waals surface area contributed by atoms with Gasteiger partial charge in [0.05, 0.1) is 12.6 Å². The number of hydrogen-bond donors (Lipinski definition) is 2. The Labute approximate surface area is 159 Å². The van der Waals surface area contributed by atoms with Crippen LogP contribution in [-0.2, 0) is 22.6 Å². The van der Waals surface area contributed by atoms with Crippen LogP contribution in [-0.4, -0.2) is 36.3 Å². The van der Waals surface area contributed by atoms with E-state index in [1.807, 2.05) is 29.2 Å². The summed E-state index contributed by atoms with van der Waals surface area (Å²) in [5, 5.41) is 10.9. The molecular weight excluding hydrogens is 342 g/mol. The third-order valence-corrected chi connectivity index (χ3v) is 4.29. The number of fused-ring (bicyclic) bond motifs is 3. The average Bonchev–Trinajstić information content (AvgIpc) is 2.81. The molecule has 6 nitrogen and oxygen atoms in total. The Morgan fingerprint density at radius 2 is 1.63 bits per heavy atom. The van der Waals surface area contributed by atoms with Crippen LogP contribution in [0.4, 0.5) is 4.79 Å². The van der Waals surface area contributed by atoms with Crippen molar-refractivity contribution in [3.63, 3.8) is 0 Å². The first kappa shape index (κ1) is 18.8. The number of alkyl carbamates (subject to hydrolysis) is 1. The molecule has 2 aromatic rings. The van der Waals surface area contributed by atoms with E-state index >= 15 is 0 Å². The maximum atomic E-state index is 11.5. The molecule has 1 amide bonds. The zero-order valence-corrected chi connectivity index (χ0v) is 15.7. The van der Waals surface area contributed by atoms with E-state index in [0.29, 0.717) is 13.1 Å². The molecule has 0 unspecified atom stereocenters. The number of carbonyl (C=O) groups excluding carboxylic acids is 1. The second-order valence-corrected chi connectivity index (χ2v) is 6.70. The van der Waals surface area contributed by atoms with Crippen molar-refractivity contribution in [2.45, 2.75) is 33.0 Å². The Hall–Kier alpha value is -3.02. The summed E-state index contributed by atoms with van der Waals surface area (Å²) >= 11 is 0. The summed E-state index contributed by atoms with van der Waals surface area (Å²) < 4.78 is 10.6. The Kier molecular flexibility index (Phi) is 5.96. The van der Waals surface area contributed by atoms with Gasteiger partial charge in [-0.1, -0.05) is 48.5 Å². The highest BCUT2D eigenvalue weighted by molar-refractivity contribution is 5.76. The van der Waals surface area contributed by atoms with Crippen LogP contribution in [0.15, 0.2) is 48.5 Å². The fourth-order valence-corrected chi connectivity index (χ4v) is 3.10. The summed E-state index contributed by atoms with van der Waals surface area (Å²) in [6.07, 6.45) is -0.640. The van der Waals surface area contributed by atoms with E-state index in [4.69, 9.17) is 14.9 Å². The van der Waals surface area contributed by atoms with E-state index < -0.39 is 6.09 Å². The molecular formula is C21H25N3O3. The Bertz CT molecular complexity index is 772. The lowest BCUT2D eigenvalue weighted by atomic mass is 9.97. The van der Waals surface area contributed by atoms with E-state index in [2.05, 4.69) is 29.6 Å². The zero-order chi connectivity index (χ0) is 19.2. The van der Waals surface area contributed by atoms with E-state index in [9.17, 15) is 4.79 Å². The summed E-state index contributed by atoms with van der Waals surface area (Å²) in [6.45, 7) is 5.29. The minimum Gasteiger partial charge on any atom is -0.463 e. The highest BCUT2D eigenvalue weighted by Gasteiger charge is 2.21. The fourth-order valence-electron chi connectivity index (χ4n) is 3.10. The van der Waals surface area contributed by atoms with Gasteiger partial charge in [0, 0.05) is 13.1 Å². The van der Waals surface area contributed by atoms with Crippen LogP contribution in [0.3, 0.4) is 0 Å². The second-order valence-electron chi connectivity index (χ2n) is 6.70. The summed E-state index contributed by atoms with van der Waals surface area (Å²) in [6, 6.07) is 16.6. The van der Waals surface area contributed by atoms with Gasteiger partial charge in [0.2, 0.25) is 0 Å². The van der Waals surface area contributed by atoms with Crippen molar-refractivity contribution < 1.29 is 14.3 Å². The summed E-state index contributed by atoms with van der Waals surface area (Å²) in [5.41, 5.74) is 4.71. The van der Waals surface area contributed by atoms with Crippen molar-refractivity contribution in [1.82, 2.24) is 10.2 Å². The van der Waals surface area contributed by atoms with E-state index in [1.54, 1.807) is 13.8 Å². The third kappa shape index (κ3) is 4.78. The smallest absolute Gasteiger partial charge is 0.407 e. The molecule has 1 heterocycles. The molecule has 0 saturated carbocycles. The van der Waals surface area contributed by atoms with Crippen LogP contribution in [0, 0.1) is 5.41 Å². The number of carbonyl (C=O) groups is 1. The van der Waals surface area contributed by atoms with Crippen LogP contribution in [0.1, 0.15) is 25.0 Å². The van der Waals surface area contributed by atoms with Gasteiger partial charge in [0.25, 0.3) is 6.02 Å². The van der Waals surface area contributed by atoms with E-state index in [0.717, 1.165) is 11.1 Å². The van der Waals surface area contributed by atoms with Gasteiger partial charge in [-0.2, -0.15) is 0 Å². The number of amides is 1. The summed E-state index contributed by atoms with van der Waals surface area (Å²) in [5.74, 6) is 0. The molecule has 0 spiro atoms. The number of rotatable bonds is 4. The van der Waals surface area contributed by atoms with Gasteiger partial charge in [-0.05, 0) is 36.1 Å². The van der Waals surface area contributed by atoms with Crippen LogP contribution in [0.25, 0.3) is 11.1 Å².